The zero-order valence-electron chi connectivity index (χ0n) is 13.6. The van der Waals surface area contributed by atoms with Crippen molar-refractivity contribution in [3.8, 4) is 0 Å². The number of nitrogens with zero attached hydrogens (tertiary/aromatic N) is 3. The number of anilines is 2. The van der Waals surface area contributed by atoms with Gasteiger partial charge in [-0.1, -0.05) is 12.1 Å². The van der Waals surface area contributed by atoms with E-state index in [0.717, 1.165) is 11.3 Å². The van der Waals surface area contributed by atoms with Crippen molar-refractivity contribution in [2.75, 3.05) is 4.90 Å². The lowest BCUT2D eigenvalue weighted by atomic mass is 10.2. The van der Waals surface area contributed by atoms with Crippen molar-refractivity contribution in [2.24, 2.45) is 0 Å². The Hall–Kier alpha value is -2.43. The first-order valence-electron chi connectivity index (χ1n) is 7.15. The number of rotatable bonds is 2. The predicted octanol–water partition coefficient (Wildman–Crippen LogP) is 4.17. The SMILES string of the molecule is Cc1cccc(N(C(=O)OC(C)(C)C)c2cncc(C)n2)c1. The van der Waals surface area contributed by atoms with Crippen LogP contribution in [0.5, 0.6) is 0 Å². The fourth-order valence-corrected chi connectivity index (χ4v) is 1.96. The Morgan fingerprint density at radius 2 is 1.91 bits per heavy atom. The van der Waals surface area contributed by atoms with Crippen LogP contribution in [0.1, 0.15) is 32.0 Å². The lowest BCUT2D eigenvalue weighted by Crippen LogP contribution is -2.34. The molecule has 1 heterocycles. The number of aryl methyl sites for hydroxylation is 2. The first kappa shape index (κ1) is 15.9. The van der Waals surface area contributed by atoms with Crippen molar-refractivity contribution in [1.29, 1.82) is 0 Å². The highest BCUT2D eigenvalue weighted by molar-refractivity contribution is 5.95. The number of aromatic nitrogens is 2. The molecule has 1 aromatic heterocycles. The molecule has 0 aliphatic carbocycles. The van der Waals surface area contributed by atoms with Crippen LogP contribution in [0.25, 0.3) is 0 Å². The minimum absolute atomic E-state index is 0.444. The third-order valence-corrected chi connectivity index (χ3v) is 2.81. The molecular weight excluding hydrogens is 278 g/mol. The van der Waals surface area contributed by atoms with E-state index in [2.05, 4.69) is 9.97 Å². The van der Waals surface area contributed by atoms with Crippen LogP contribution in [-0.2, 0) is 4.74 Å². The van der Waals surface area contributed by atoms with Crippen LogP contribution in [-0.4, -0.2) is 21.7 Å². The van der Waals surface area contributed by atoms with E-state index in [4.69, 9.17) is 4.74 Å². The van der Waals surface area contributed by atoms with Gasteiger partial charge in [0.15, 0.2) is 5.82 Å². The summed E-state index contributed by atoms with van der Waals surface area (Å²) in [6, 6.07) is 7.62. The molecule has 2 aromatic rings. The van der Waals surface area contributed by atoms with E-state index in [1.165, 1.54) is 4.90 Å². The Kier molecular flexibility index (Phi) is 4.45. The van der Waals surface area contributed by atoms with Crippen LogP contribution in [0.2, 0.25) is 0 Å². The first-order chi connectivity index (χ1) is 10.3. The number of hydrogen-bond donors (Lipinski definition) is 0. The average Bonchev–Trinajstić information content (AvgIpc) is 2.37. The van der Waals surface area contributed by atoms with E-state index in [1.54, 1.807) is 12.4 Å². The van der Waals surface area contributed by atoms with Crippen LogP contribution in [0.3, 0.4) is 0 Å². The molecule has 0 aliphatic rings. The van der Waals surface area contributed by atoms with E-state index in [9.17, 15) is 4.79 Å². The van der Waals surface area contributed by atoms with Gasteiger partial charge in [-0.2, -0.15) is 0 Å². The fourth-order valence-electron chi connectivity index (χ4n) is 1.96. The maximum atomic E-state index is 12.6. The Labute approximate surface area is 131 Å². The summed E-state index contributed by atoms with van der Waals surface area (Å²) in [5, 5.41) is 0. The molecule has 0 fully saturated rings. The minimum Gasteiger partial charge on any atom is -0.443 e. The molecule has 0 atom stereocenters. The molecule has 0 radical (unpaired) electrons. The number of carbonyl (C=O) groups excluding carboxylic acids is 1. The van der Waals surface area contributed by atoms with Crippen LogP contribution in [0.4, 0.5) is 16.3 Å². The molecule has 116 valence electrons. The monoisotopic (exact) mass is 299 g/mol. The summed E-state index contributed by atoms with van der Waals surface area (Å²) in [5.41, 5.74) is 1.90. The first-order valence-corrected chi connectivity index (χ1v) is 7.15. The van der Waals surface area contributed by atoms with E-state index >= 15 is 0 Å². The third kappa shape index (κ3) is 4.04. The minimum atomic E-state index is -0.587. The lowest BCUT2D eigenvalue weighted by Gasteiger charge is -2.27. The number of benzene rings is 1. The van der Waals surface area contributed by atoms with E-state index in [0.29, 0.717) is 11.5 Å². The van der Waals surface area contributed by atoms with Crippen molar-refractivity contribution in [2.45, 2.75) is 40.2 Å². The van der Waals surface area contributed by atoms with Crippen LogP contribution in [0.15, 0.2) is 36.7 Å². The average molecular weight is 299 g/mol. The maximum Gasteiger partial charge on any atom is 0.420 e. The van der Waals surface area contributed by atoms with Gasteiger partial charge in [0, 0.05) is 6.20 Å². The van der Waals surface area contributed by atoms with Gasteiger partial charge in [-0.05, 0) is 52.3 Å². The molecule has 1 amide bonds. The normalized spacial score (nSPS) is 11.1. The second-order valence-electron chi connectivity index (χ2n) is 6.17. The highest BCUT2D eigenvalue weighted by Crippen LogP contribution is 2.26. The van der Waals surface area contributed by atoms with Crippen LogP contribution in [0, 0.1) is 13.8 Å². The van der Waals surface area contributed by atoms with Gasteiger partial charge in [-0.15, -0.1) is 0 Å². The van der Waals surface area contributed by atoms with Gasteiger partial charge in [-0.3, -0.25) is 4.98 Å². The molecule has 22 heavy (non-hydrogen) atoms. The predicted molar refractivity (Wildman–Crippen MR) is 86.3 cm³/mol. The van der Waals surface area contributed by atoms with E-state index in [1.807, 2.05) is 58.9 Å². The molecule has 2 rings (SSSR count). The molecule has 5 heteroatoms. The zero-order valence-corrected chi connectivity index (χ0v) is 13.6. The summed E-state index contributed by atoms with van der Waals surface area (Å²) >= 11 is 0. The van der Waals surface area contributed by atoms with Gasteiger partial charge in [0.1, 0.15) is 5.60 Å². The number of carbonyl (C=O) groups is 1. The van der Waals surface area contributed by atoms with Crippen molar-refractivity contribution in [1.82, 2.24) is 9.97 Å². The quantitative estimate of drug-likeness (QED) is 0.835. The lowest BCUT2D eigenvalue weighted by molar-refractivity contribution is 0.0598. The van der Waals surface area contributed by atoms with Gasteiger partial charge in [0.05, 0.1) is 17.6 Å². The summed E-state index contributed by atoms with van der Waals surface area (Å²) in [4.78, 5) is 22.6. The molecule has 0 saturated carbocycles. The second-order valence-corrected chi connectivity index (χ2v) is 6.17. The smallest absolute Gasteiger partial charge is 0.420 e. The topological polar surface area (TPSA) is 55.3 Å². The summed E-state index contributed by atoms with van der Waals surface area (Å²) in [5.74, 6) is 0.444. The molecule has 0 saturated heterocycles. The Bertz CT molecular complexity index is 632. The van der Waals surface area contributed by atoms with Crippen molar-refractivity contribution >= 4 is 17.6 Å². The molecule has 0 unspecified atom stereocenters. The van der Waals surface area contributed by atoms with Crippen molar-refractivity contribution in [3.05, 3.63) is 47.9 Å². The van der Waals surface area contributed by atoms with Gasteiger partial charge >= 0.3 is 6.09 Å². The van der Waals surface area contributed by atoms with Gasteiger partial charge in [0.25, 0.3) is 0 Å². The van der Waals surface area contributed by atoms with Gasteiger partial charge in [-0.25, -0.2) is 14.7 Å². The van der Waals surface area contributed by atoms with E-state index < -0.39 is 11.7 Å². The van der Waals surface area contributed by atoms with E-state index in [-0.39, 0.29) is 0 Å². The number of amides is 1. The molecular formula is C17H21N3O2. The Balaban J connectivity index is 2.47. The Morgan fingerprint density at radius 1 is 1.18 bits per heavy atom. The zero-order chi connectivity index (χ0) is 16.3. The fraction of sp³-hybridized carbons (Fsp3) is 0.353. The molecule has 0 aliphatic heterocycles. The number of hydrogen-bond acceptors (Lipinski definition) is 4. The maximum absolute atomic E-state index is 12.6. The highest BCUT2D eigenvalue weighted by atomic mass is 16.6. The third-order valence-electron chi connectivity index (χ3n) is 2.81. The summed E-state index contributed by atoms with van der Waals surface area (Å²) < 4.78 is 5.51. The van der Waals surface area contributed by atoms with Crippen molar-refractivity contribution in [3.63, 3.8) is 0 Å². The Morgan fingerprint density at radius 3 is 2.50 bits per heavy atom. The van der Waals surface area contributed by atoms with Gasteiger partial charge in [0.2, 0.25) is 0 Å². The molecule has 0 spiro atoms. The van der Waals surface area contributed by atoms with Crippen LogP contribution >= 0.6 is 0 Å². The molecule has 5 nitrogen and oxygen atoms in total. The summed E-state index contributed by atoms with van der Waals surface area (Å²) in [7, 11) is 0. The van der Waals surface area contributed by atoms with Crippen molar-refractivity contribution < 1.29 is 9.53 Å². The molecule has 0 bridgehead atoms. The molecule has 0 N–H and O–H groups in total. The largest absolute Gasteiger partial charge is 0.443 e. The summed E-state index contributed by atoms with van der Waals surface area (Å²) in [6.45, 7) is 9.31. The summed E-state index contributed by atoms with van der Waals surface area (Å²) in [6.07, 6.45) is 2.73. The second kappa shape index (κ2) is 6.13. The van der Waals surface area contributed by atoms with Crippen LogP contribution < -0.4 is 4.90 Å². The standard InChI is InChI=1S/C17H21N3O2/c1-12-7-6-8-14(9-12)20(16(21)22-17(3,4)5)15-11-18-10-13(2)19-15/h6-11H,1-5H3. The van der Waals surface area contributed by atoms with Gasteiger partial charge < -0.3 is 4.74 Å². The highest BCUT2D eigenvalue weighted by Gasteiger charge is 2.26. The number of ether oxygens (including phenoxy) is 1. The molecule has 1 aromatic carbocycles.